The molecule has 0 amide bonds. The number of thioether (sulfide) groups is 1. The lowest BCUT2D eigenvalue weighted by Crippen LogP contribution is -2.02. The van der Waals surface area contributed by atoms with Gasteiger partial charge in [-0.15, -0.1) is 11.8 Å². The van der Waals surface area contributed by atoms with E-state index in [-0.39, 0.29) is 0 Å². The van der Waals surface area contributed by atoms with Crippen LogP contribution in [0.3, 0.4) is 0 Å². The van der Waals surface area contributed by atoms with Crippen LogP contribution in [0.2, 0.25) is 0 Å². The van der Waals surface area contributed by atoms with Crippen LogP contribution in [-0.2, 0) is 5.75 Å². The highest BCUT2D eigenvalue weighted by Crippen LogP contribution is 2.28. The Morgan fingerprint density at radius 2 is 2.11 bits per heavy atom. The highest BCUT2D eigenvalue weighted by atomic mass is 32.2. The molecule has 0 unspecified atom stereocenters. The predicted octanol–water partition coefficient (Wildman–Crippen LogP) is 4.08. The molecule has 0 aliphatic carbocycles. The number of nitrogens with one attached hydrogen (secondary N) is 1. The molecule has 0 saturated heterocycles. The predicted molar refractivity (Wildman–Crippen MR) is 74.3 cm³/mol. The van der Waals surface area contributed by atoms with E-state index >= 15 is 0 Å². The molecule has 0 aliphatic heterocycles. The lowest BCUT2D eigenvalue weighted by Gasteiger charge is -2.09. The average molecular weight is 280 g/mol. The largest absolute Gasteiger partial charge is 0.370 e. The molecule has 0 aliphatic rings. The number of anilines is 1. The summed E-state index contributed by atoms with van der Waals surface area (Å²) >= 11 is 1.26. The van der Waals surface area contributed by atoms with Gasteiger partial charge in [0.1, 0.15) is 17.5 Å². The minimum atomic E-state index is -0.429. The van der Waals surface area contributed by atoms with Crippen molar-refractivity contribution in [1.82, 2.24) is 4.98 Å². The average Bonchev–Trinajstić information content (AvgIpc) is 2.42. The number of hydrogen-bond acceptors (Lipinski definition) is 3. The molecule has 100 valence electrons. The Hall–Kier alpha value is -1.62. The van der Waals surface area contributed by atoms with Crippen molar-refractivity contribution in [1.29, 1.82) is 0 Å². The van der Waals surface area contributed by atoms with E-state index in [1.54, 1.807) is 6.20 Å². The van der Waals surface area contributed by atoms with Crippen LogP contribution in [0.1, 0.15) is 12.5 Å². The maximum Gasteiger partial charge on any atom is 0.136 e. The van der Waals surface area contributed by atoms with Gasteiger partial charge in [-0.3, -0.25) is 0 Å². The Kier molecular flexibility index (Phi) is 4.74. The van der Waals surface area contributed by atoms with Gasteiger partial charge in [0.2, 0.25) is 0 Å². The second kappa shape index (κ2) is 6.52. The molecule has 2 aromatic rings. The van der Waals surface area contributed by atoms with Crippen LogP contribution in [0.15, 0.2) is 41.4 Å². The zero-order valence-corrected chi connectivity index (χ0v) is 11.3. The van der Waals surface area contributed by atoms with E-state index in [1.165, 1.54) is 17.8 Å². The van der Waals surface area contributed by atoms with Gasteiger partial charge in [0.05, 0.1) is 0 Å². The summed E-state index contributed by atoms with van der Waals surface area (Å²) in [6.07, 6.45) is 1.70. The molecular weight excluding hydrogens is 266 g/mol. The number of aromatic nitrogens is 1. The summed E-state index contributed by atoms with van der Waals surface area (Å²) in [7, 11) is 0. The molecule has 2 nitrogen and oxygen atoms in total. The zero-order chi connectivity index (χ0) is 13.7. The molecule has 1 aromatic heterocycles. The molecule has 0 saturated carbocycles. The molecule has 0 bridgehead atoms. The van der Waals surface area contributed by atoms with Gasteiger partial charge in [0, 0.05) is 29.0 Å². The fourth-order valence-electron chi connectivity index (χ4n) is 1.63. The van der Waals surface area contributed by atoms with E-state index in [1.807, 2.05) is 19.1 Å². The second-order valence-corrected chi connectivity index (χ2v) is 4.92. The van der Waals surface area contributed by atoms with Crippen LogP contribution in [0.25, 0.3) is 0 Å². The molecule has 2 rings (SSSR count). The quantitative estimate of drug-likeness (QED) is 0.835. The topological polar surface area (TPSA) is 24.9 Å². The minimum absolute atomic E-state index is 0.311. The van der Waals surface area contributed by atoms with Crippen LogP contribution in [-0.4, -0.2) is 11.5 Å². The summed E-state index contributed by atoms with van der Waals surface area (Å²) in [5, 5.41) is 3.15. The first kappa shape index (κ1) is 13.8. The van der Waals surface area contributed by atoms with E-state index in [0.29, 0.717) is 10.6 Å². The summed E-state index contributed by atoms with van der Waals surface area (Å²) < 4.78 is 26.6. The molecule has 5 heteroatoms. The van der Waals surface area contributed by atoms with Gasteiger partial charge in [-0.25, -0.2) is 13.8 Å². The fourth-order valence-corrected chi connectivity index (χ4v) is 2.57. The number of benzene rings is 1. The molecule has 0 atom stereocenters. The Bertz CT molecular complexity index is 561. The highest BCUT2D eigenvalue weighted by Gasteiger charge is 2.07. The first-order valence-corrected chi connectivity index (χ1v) is 6.95. The molecule has 0 fully saturated rings. The highest BCUT2D eigenvalue weighted by molar-refractivity contribution is 7.98. The molecule has 0 radical (unpaired) electrons. The van der Waals surface area contributed by atoms with Gasteiger partial charge in [-0.05, 0) is 31.2 Å². The van der Waals surface area contributed by atoms with E-state index in [2.05, 4.69) is 10.3 Å². The Balaban J connectivity index is 2.12. The maximum absolute atomic E-state index is 13.5. The van der Waals surface area contributed by atoms with Gasteiger partial charge >= 0.3 is 0 Å². The van der Waals surface area contributed by atoms with Crippen molar-refractivity contribution in [3.8, 4) is 0 Å². The smallest absolute Gasteiger partial charge is 0.136 e. The molecular formula is C14H14F2N2S. The SMILES string of the molecule is CCNc1ncccc1CSc1cc(F)ccc1F. The van der Waals surface area contributed by atoms with Crippen LogP contribution in [0.5, 0.6) is 0 Å². The number of pyridine rings is 1. The van der Waals surface area contributed by atoms with Crippen molar-refractivity contribution in [2.75, 3.05) is 11.9 Å². The molecule has 19 heavy (non-hydrogen) atoms. The van der Waals surface area contributed by atoms with Gasteiger partial charge < -0.3 is 5.32 Å². The van der Waals surface area contributed by atoms with Crippen molar-refractivity contribution in [2.45, 2.75) is 17.6 Å². The van der Waals surface area contributed by atoms with Crippen LogP contribution in [0.4, 0.5) is 14.6 Å². The first-order chi connectivity index (χ1) is 9.20. The molecule has 1 aromatic carbocycles. The summed E-state index contributed by atoms with van der Waals surface area (Å²) in [6.45, 7) is 2.75. The third-order valence-corrected chi connectivity index (χ3v) is 3.59. The number of rotatable bonds is 5. The van der Waals surface area contributed by atoms with E-state index < -0.39 is 11.6 Å². The molecule has 0 spiro atoms. The standard InChI is InChI=1S/C14H14F2N2S/c1-2-17-14-10(4-3-7-18-14)9-19-13-8-11(15)5-6-12(13)16/h3-8H,2,9H2,1H3,(H,17,18). The Labute approximate surface area is 115 Å². The van der Waals surface area contributed by atoms with Crippen molar-refractivity contribution in [3.63, 3.8) is 0 Å². The summed E-state index contributed by atoms with van der Waals surface area (Å²) in [6, 6.07) is 7.23. The Morgan fingerprint density at radius 1 is 1.26 bits per heavy atom. The summed E-state index contributed by atoms with van der Waals surface area (Å²) in [5.41, 5.74) is 0.970. The third-order valence-electron chi connectivity index (χ3n) is 2.51. The molecule has 1 heterocycles. The van der Waals surface area contributed by atoms with Gasteiger partial charge in [-0.1, -0.05) is 6.07 Å². The van der Waals surface area contributed by atoms with Gasteiger partial charge in [0.15, 0.2) is 0 Å². The second-order valence-electron chi connectivity index (χ2n) is 3.90. The van der Waals surface area contributed by atoms with Crippen molar-refractivity contribution in [3.05, 3.63) is 53.7 Å². The van der Waals surface area contributed by atoms with E-state index in [9.17, 15) is 8.78 Å². The number of nitrogens with zero attached hydrogens (tertiary/aromatic N) is 1. The monoisotopic (exact) mass is 280 g/mol. The van der Waals surface area contributed by atoms with Crippen LogP contribution >= 0.6 is 11.8 Å². The number of hydrogen-bond donors (Lipinski definition) is 1. The zero-order valence-electron chi connectivity index (χ0n) is 10.5. The van der Waals surface area contributed by atoms with E-state index in [0.717, 1.165) is 30.1 Å². The lowest BCUT2D eigenvalue weighted by molar-refractivity contribution is 0.577. The Morgan fingerprint density at radius 3 is 2.89 bits per heavy atom. The van der Waals surface area contributed by atoms with Crippen LogP contribution < -0.4 is 5.32 Å². The third kappa shape index (κ3) is 3.67. The van der Waals surface area contributed by atoms with Crippen molar-refractivity contribution in [2.24, 2.45) is 0 Å². The van der Waals surface area contributed by atoms with Gasteiger partial charge in [-0.2, -0.15) is 0 Å². The first-order valence-electron chi connectivity index (χ1n) is 5.96. The van der Waals surface area contributed by atoms with Gasteiger partial charge in [0.25, 0.3) is 0 Å². The molecule has 1 N–H and O–H groups in total. The lowest BCUT2D eigenvalue weighted by atomic mass is 10.3. The maximum atomic E-state index is 13.5. The summed E-state index contributed by atoms with van der Waals surface area (Å²) in [4.78, 5) is 4.54. The van der Waals surface area contributed by atoms with Crippen molar-refractivity contribution >= 4 is 17.6 Å². The fraction of sp³-hybridized carbons (Fsp3) is 0.214. The van der Waals surface area contributed by atoms with E-state index in [4.69, 9.17) is 0 Å². The normalized spacial score (nSPS) is 10.5. The van der Waals surface area contributed by atoms with Crippen LogP contribution in [0, 0.1) is 11.6 Å². The van der Waals surface area contributed by atoms with Crippen molar-refractivity contribution < 1.29 is 8.78 Å². The summed E-state index contributed by atoms with van der Waals surface area (Å²) in [5.74, 6) is 0.493. The number of halogens is 2. The minimum Gasteiger partial charge on any atom is -0.370 e.